The van der Waals surface area contributed by atoms with Gasteiger partial charge in [0, 0.05) is 189 Å². The highest BCUT2D eigenvalue weighted by Gasteiger charge is 2.66. The standard InChI is InChI=1S/C19H21N5O2.C11H20O35S8.9Al.20H2O/c1-22-9-11-23(12-10-22)13-17(25)24-16-7-3-2-5-14(16)19(26)21-15-6-4-8-20-18(15)24;12-47(13,14)36-1-3-4(41-49(18,19)20)5(42-50(21,22)23)6(43-51(24,25)26)9(38-3)39-11(2-37-48(15,16)17)8(45-53(30,31)32)7(44-52(27,28)29)10(40-11)46-54(33,34)35;;;;;;;;;;;;;;;;;;;;;;;;;;;;;/h2-8H,9-13H2,1H3,(H,21,26);3-10H,1-2H2,(H,12,13,14)(H,15,16,17)(H,18,19,20)(H,21,22,23)(H,24,25,26)(H,27,28,29)(H,30,31,32)(H,33,34,35);;;;;;;;;;20*1H2/t;3-,4-,5+,6-,7+,8+,9+,10-,11-;;;;;;;;;;;;;;;;;;;;;;;;;;;;;/m.1............................./s1. The Morgan fingerprint density at radius 2 is 0.853 bits per heavy atom. The van der Waals surface area contributed by atoms with E-state index in [1.807, 2.05) is 6.07 Å². The van der Waals surface area contributed by atoms with E-state index in [0.717, 1.165) is 26.2 Å². The number of nitrogens with one attached hydrogen (secondary N) is 1. The molecule has 0 aliphatic carbocycles. The van der Waals surface area contributed by atoms with Gasteiger partial charge < -0.3 is 134 Å². The number of nitrogens with zero attached hydrogens (tertiary/aromatic N) is 4. The maximum atomic E-state index is 13.2. The van der Waals surface area contributed by atoms with E-state index in [2.05, 4.69) is 60.6 Å². The Bertz CT molecular complexity index is 3610. The molecule has 109 heavy (non-hydrogen) atoms. The third kappa shape index (κ3) is 59.4. The summed E-state index contributed by atoms with van der Waals surface area (Å²) < 4.78 is 306. The number of fused-ring (bicyclic) bond motifs is 2. The van der Waals surface area contributed by atoms with Gasteiger partial charge in [0.15, 0.2) is 30.4 Å². The van der Waals surface area contributed by atoms with Crippen LogP contribution in [0.3, 0.4) is 0 Å². The summed E-state index contributed by atoms with van der Waals surface area (Å²) >= 11 is 0. The number of carbonyl (C=O) groups is 2. The molecule has 5 heterocycles. The molecule has 1 aromatic heterocycles. The van der Waals surface area contributed by atoms with E-state index in [0.29, 0.717) is 29.3 Å². The number of piperazine rings is 1. The second-order valence-electron chi connectivity index (χ2n) is 15.9. The molecular weight excluding hydrogens is 1840 g/mol. The van der Waals surface area contributed by atoms with Crippen LogP contribution in [0, 0.1) is 0 Å². The summed E-state index contributed by atoms with van der Waals surface area (Å²) in [5, 5.41) is 2.86. The molecule has 3 fully saturated rings. The number of pyridine rings is 1. The van der Waals surface area contributed by atoms with Crippen molar-refractivity contribution in [1.29, 1.82) is 0 Å². The molecule has 4 aliphatic heterocycles. The van der Waals surface area contributed by atoms with E-state index in [-0.39, 0.29) is 278 Å². The van der Waals surface area contributed by atoms with Crippen molar-refractivity contribution in [2.24, 2.45) is 0 Å². The fourth-order valence-corrected chi connectivity index (χ4v) is 10.9. The molecule has 2 aromatic rings. The topological polar surface area (TPSA) is 1240 Å². The molecule has 62 nitrogen and oxygen atoms in total. The summed E-state index contributed by atoms with van der Waals surface area (Å²) in [6, 6.07) is 10.7. The fraction of sp³-hybridized carbons (Fsp3) is 0.567. The van der Waals surface area contributed by atoms with Crippen molar-refractivity contribution in [3.63, 3.8) is 0 Å². The number of hydrogen-bond acceptors (Lipinski definition) is 32. The van der Waals surface area contributed by atoms with Crippen LogP contribution in [0.5, 0.6) is 0 Å². The molecule has 0 unspecified atom stereocenters. The number of rotatable bonds is 22. The molecule has 0 saturated carbocycles. The Kier molecular flexibility index (Phi) is 117. The van der Waals surface area contributed by atoms with Gasteiger partial charge in [0.25, 0.3) is 5.91 Å². The summed E-state index contributed by atoms with van der Waals surface area (Å²) in [6.45, 7) is -0.563. The van der Waals surface area contributed by atoms with Gasteiger partial charge in [0.1, 0.15) is 24.9 Å². The Balaban J connectivity index is -0.0000000493. The Morgan fingerprint density at radius 3 is 1.25 bits per heavy atom. The average molecular weight is 1920 g/mol. The number of anilines is 3. The molecule has 4 aliphatic rings. The lowest BCUT2D eigenvalue weighted by Gasteiger charge is -2.45. The molecule has 1 aromatic carbocycles. The Labute approximate surface area is 713 Å². The second-order valence-corrected chi connectivity index (χ2v) is 24.4. The van der Waals surface area contributed by atoms with E-state index in [1.165, 1.54) is 0 Å². The van der Waals surface area contributed by atoms with Crippen LogP contribution in [-0.4, -0.2) is 504 Å². The number of benzene rings is 1. The highest BCUT2D eigenvalue weighted by Crippen LogP contribution is 2.44. The highest BCUT2D eigenvalue weighted by atomic mass is 32.3. The minimum atomic E-state index is -6.30. The van der Waals surface area contributed by atoms with Gasteiger partial charge in [-0.25, -0.2) is 38.4 Å². The number of likely N-dealkylation sites (N-methyl/N-ethyl adjacent to an activating group) is 1. The maximum absolute atomic E-state index is 13.2. The van der Waals surface area contributed by atoms with Crippen LogP contribution in [0.25, 0.3) is 0 Å². The predicted octanol–water partition coefficient (Wildman–Crippen LogP) is -25.2. The second kappa shape index (κ2) is 71.0. The normalized spacial score (nSPS) is 19.6. The van der Waals surface area contributed by atoms with Crippen LogP contribution in [0.1, 0.15) is 10.4 Å². The van der Waals surface area contributed by atoms with Gasteiger partial charge in [-0.05, 0) is 31.3 Å². The largest absolute Gasteiger partial charge is 0.412 e. The number of amides is 2. The Hall–Kier alpha value is 0.0622. The molecule has 3 saturated heterocycles. The number of ether oxygens (including phenoxy) is 3. The molecule has 27 radical (unpaired) electrons. The summed E-state index contributed by atoms with van der Waals surface area (Å²) in [5.41, 5.74) is 1.58. The zero-order chi connectivity index (χ0) is 60.4. The lowest BCUT2D eigenvalue weighted by molar-refractivity contribution is -0.379. The lowest BCUT2D eigenvalue weighted by atomic mass is 9.99. The van der Waals surface area contributed by atoms with Crippen molar-refractivity contribution in [2.45, 2.75) is 55.0 Å². The van der Waals surface area contributed by atoms with E-state index < -0.39 is 151 Å². The van der Waals surface area contributed by atoms with E-state index in [1.54, 1.807) is 41.4 Å². The van der Waals surface area contributed by atoms with Crippen molar-refractivity contribution in [3.05, 3.63) is 48.2 Å². The number of carbonyl (C=O) groups excluding carboxylic acids is 2. The average Bonchev–Trinajstić information content (AvgIpc) is 3.42. The van der Waals surface area contributed by atoms with Crippen molar-refractivity contribution in [2.75, 3.05) is 63.2 Å². The van der Waals surface area contributed by atoms with E-state index in [9.17, 15) is 99.7 Å². The Morgan fingerprint density at radius 1 is 0.477 bits per heavy atom. The number of para-hydroxylation sites is 1. The quantitative estimate of drug-likeness (QED) is 0.0390. The number of hydrogen-bond donors (Lipinski definition) is 9. The molecule has 9 atom stereocenters. The van der Waals surface area contributed by atoms with Crippen LogP contribution < -0.4 is 10.2 Å². The summed E-state index contributed by atoms with van der Waals surface area (Å²) in [7, 11) is -46.8. The van der Waals surface area contributed by atoms with Crippen LogP contribution in [0.2, 0.25) is 0 Å². The third-order valence-electron chi connectivity index (χ3n) is 10.2. The van der Waals surface area contributed by atoms with E-state index in [4.69, 9.17) is 27.9 Å². The van der Waals surface area contributed by atoms with Gasteiger partial charge in [0.05, 0.1) is 30.1 Å². The molecule has 49 N–H and O–H groups in total. The fourth-order valence-electron chi connectivity index (χ4n) is 7.38. The van der Waals surface area contributed by atoms with E-state index >= 15 is 0 Å². The summed E-state index contributed by atoms with van der Waals surface area (Å²) in [6.07, 6.45) is -25.6. The number of aromatic nitrogens is 1. The lowest BCUT2D eigenvalue weighted by Crippen LogP contribution is -2.65. The first kappa shape index (κ1) is 180. The van der Waals surface area contributed by atoms with Crippen molar-refractivity contribution in [3.8, 4) is 0 Å². The van der Waals surface area contributed by atoms with Gasteiger partial charge >= 0.3 is 83.2 Å². The third-order valence-corrected chi connectivity index (χ3v) is 13.8. The van der Waals surface area contributed by atoms with Gasteiger partial charge in [-0.1, -0.05) is 12.1 Å². The molecule has 643 valence electrons. The summed E-state index contributed by atoms with van der Waals surface area (Å²) in [4.78, 5) is 36.1. The molecule has 0 spiro atoms. The molecule has 2 amide bonds. The smallest absolute Gasteiger partial charge is 0.399 e. The zero-order valence-electron chi connectivity index (χ0n) is 54.3. The van der Waals surface area contributed by atoms with Crippen molar-refractivity contribution in [1.82, 2.24) is 14.8 Å². The minimum Gasteiger partial charge on any atom is -0.412 e. The van der Waals surface area contributed by atoms with Gasteiger partial charge in [-0.2, -0.15) is 67.3 Å². The first-order valence-electron chi connectivity index (χ1n) is 20.6. The van der Waals surface area contributed by atoms with Crippen LogP contribution >= 0.6 is 0 Å². The van der Waals surface area contributed by atoms with Crippen LogP contribution in [-0.2, 0) is 136 Å². The first-order valence-corrected chi connectivity index (χ1v) is 31.5. The van der Waals surface area contributed by atoms with Gasteiger partial charge in [0.2, 0.25) is 18.0 Å². The van der Waals surface area contributed by atoms with Gasteiger partial charge in [-0.3, -0.25) is 55.8 Å². The van der Waals surface area contributed by atoms with Crippen LogP contribution in [0.4, 0.5) is 17.2 Å². The van der Waals surface area contributed by atoms with Crippen molar-refractivity contribution >= 4 is 268 Å². The molecular formula is C30H81Al9N5O57S8. The molecule has 0 bridgehead atoms. The molecule has 79 heteroatoms. The predicted molar refractivity (Wildman–Crippen MR) is 371 cm³/mol. The minimum absolute atomic E-state index is 0. The summed E-state index contributed by atoms with van der Waals surface area (Å²) in [5.74, 6) is -4.12. The first-order chi connectivity index (χ1) is 36.3. The zero-order valence-corrected chi connectivity index (χ0v) is 71.2. The van der Waals surface area contributed by atoms with Gasteiger partial charge in [-0.15, -0.1) is 0 Å². The van der Waals surface area contributed by atoms with Crippen molar-refractivity contribution < 1.29 is 271 Å². The molecule has 6 rings (SSSR count). The maximum Gasteiger partial charge on any atom is 0.399 e. The SMILES string of the molecule is CN1CCN(CC(=O)N2c3ccccc3C(=O)Nc3cccnc32)CC1.O.O.O.O.O.O.O.O.O.O.O.O.O.O.O.O.O.O.O.O.O=S(=O)(O)OC[C@H]1O[C@@H](O[C@]2(COS(=O)(=O)O)O[C@H](OS(=O)(=O)O)[C@@H](OS(=O)(=O)O)[C@@H]2OS(=O)(=O)O)[C@H](OS(=O)(=O)O)[C@@H](OS(=O)(=O)O)[C@@H]1OS(=O)(=O)O.[Al].[Al].[Al].[Al].[Al].[Al].[Al].[Al].[Al]. The van der Waals surface area contributed by atoms with Crippen LogP contribution in [0.15, 0.2) is 42.6 Å². The highest BCUT2D eigenvalue weighted by molar-refractivity contribution is 7.82. The monoisotopic (exact) mass is 1920 g/mol.